The summed E-state index contributed by atoms with van der Waals surface area (Å²) < 4.78 is 5.63. The van der Waals surface area contributed by atoms with Crippen LogP contribution in [0.2, 0.25) is 0 Å². The van der Waals surface area contributed by atoms with E-state index in [1.165, 1.54) is 7.11 Å². The Morgan fingerprint density at radius 2 is 2.04 bits per heavy atom. The lowest BCUT2D eigenvalue weighted by Crippen LogP contribution is -2.30. The van der Waals surface area contributed by atoms with Crippen LogP contribution in [0.5, 0.6) is 0 Å². The third-order valence-corrected chi connectivity index (χ3v) is 3.95. The van der Waals surface area contributed by atoms with Crippen molar-refractivity contribution in [3.05, 3.63) is 51.8 Å². The highest BCUT2D eigenvalue weighted by Crippen LogP contribution is 2.20. The number of H-pyrrole nitrogens is 1. The van der Waals surface area contributed by atoms with Gasteiger partial charge in [0.1, 0.15) is 5.69 Å². The maximum Gasteiger partial charge on any atom is 0.307 e. The molecule has 1 heterocycles. The molecule has 1 amide bonds. The molecule has 0 aliphatic rings. The van der Waals surface area contributed by atoms with Crippen LogP contribution in [0.1, 0.15) is 41.1 Å². The van der Waals surface area contributed by atoms with Crippen molar-refractivity contribution in [1.82, 2.24) is 15.5 Å². The number of methoxy groups -OCH3 is 1. The average molecular weight is 380 g/mol. The van der Waals surface area contributed by atoms with Gasteiger partial charge in [-0.3, -0.25) is 14.7 Å². The summed E-state index contributed by atoms with van der Waals surface area (Å²) in [6.45, 7) is 1.97. The molecule has 1 aromatic carbocycles. The highest BCUT2D eigenvalue weighted by molar-refractivity contribution is 9.10. The number of nitrogens with one attached hydrogen (secondary N) is 2. The summed E-state index contributed by atoms with van der Waals surface area (Å²) in [5, 5.41) is 9.62. The van der Waals surface area contributed by atoms with Crippen LogP contribution in [-0.2, 0) is 16.0 Å². The van der Waals surface area contributed by atoms with Crippen LogP contribution in [0.4, 0.5) is 0 Å². The van der Waals surface area contributed by atoms with Gasteiger partial charge in [0.15, 0.2) is 0 Å². The van der Waals surface area contributed by atoms with Gasteiger partial charge in [0.2, 0.25) is 0 Å². The summed E-state index contributed by atoms with van der Waals surface area (Å²) >= 11 is 3.36. The van der Waals surface area contributed by atoms with Gasteiger partial charge in [-0.05, 0) is 30.2 Å². The predicted octanol–water partition coefficient (Wildman–Crippen LogP) is 2.77. The van der Waals surface area contributed by atoms with E-state index in [2.05, 4.69) is 31.4 Å². The number of rotatable bonds is 6. The number of aryl methyl sites for hydroxylation is 1. The van der Waals surface area contributed by atoms with Crippen molar-refractivity contribution >= 4 is 27.8 Å². The first-order chi connectivity index (χ1) is 11.0. The normalized spacial score (nSPS) is 11.8. The van der Waals surface area contributed by atoms with Gasteiger partial charge in [-0.2, -0.15) is 5.10 Å². The van der Waals surface area contributed by atoms with E-state index in [4.69, 9.17) is 4.74 Å². The van der Waals surface area contributed by atoms with E-state index >= 15 is 0 Å². The highest BCUT2D eigenvalue weighted by Gasteiger charge is 2.21. The molecule has 0 spiro atoms. The van der Waals surface area contributed by atoms with E-state index in [-0.39, 0.29) is 12.3 Å². The van der Waals surface area contributed by atoms with E-state index in [9.17, 15) is 9.59 Å². The van der Waals surface area contributed by atoms with E-state index < -0.39 is 12.0 Å². The summed E-state index contributed by atoms with van der Waals surface area (Å²) in [7, 11) is 1.32. The number of carbonyl (C=O) groups is 2. The molecule has 0 aliphatic heterocycles. The Morgan fingerprint density at radius 1 is 1.35 bits per heavy atom. The minimum absolute atomic E-state index is 0.0505. The zero-order chi connectivity index (χ0) is 16.8. The number of aromatic nitrogens is 2. The van der Waals surface area contributed by atoms with Crippen molar-refractivity contribution < 1.29 is 14.3 Å². The van der Waals surface area contributed by atoms with Crippen molar-refractivity contribution in [1.29, 1.82) is 0 Å². The fourth-order valence-corrected chi connectivity index (χ4v) is 2.35. The second kappa shape index (κ2) is 7.92. The lowest BCUT2D eigenvalue weighted by Gasteiger charge is -2.17. The number of halogens is 1. The highest BCUT2D eigenvalue weighted by atomic mass is 79.9. The number of aromatic amines is 1. The second-order valence-corrected chi connectivity index (χ2v) is 5.91. The minimum atomic E-state index is -0.482. The van der Waals surface area contributed by atoms with Gasteiger partial charge in [0.25, 0.3) is 5.91 Å². The van der Waals surface area contributed by atoms with Crippen molar-refractivity contribution in [2.45, 2.75) is 25.8 Å². The lowest BCUT2D eigenvalue weighted by molar-refractivity contribution is -0.141. The Balaban J connectivity index is 2.17. The third kappa shape index (κ3) is 4.66. The average Bonchev–Trinajstić information content (AvgIpc) is 3.04. The van der Waals surface area contributed by atoms with E-state index in [1.54, 1.807) is 6.07 Å². The minimum Gasteiger partial charge on any atom is -0.469 e. The number of benzene rings is 1. The molecule has 0 saturated carbocycles. The molecule has 2 rings (SSSR count). The van der Waals surface area contributed by atoms with Gasteiger partial charge in [-0.25, -0.2) is 0 Å². The Morgan fingerprint density at radius 3 is 2.61 bits per heavy atom. The SMILES string of the molecule is CCc1cc(C(=O)NC(CC(=O)OC)c2ccc(Br)cc2)n[nH]1. The van der Waals surface area contributed by atoms with Gasteiger partial charge in [0.05, 0.1) is 19.6 Å². The van der Waals surface area contributed by atoms with E-state index in [0.29, 0.717) is 5.69 Å². The van der Waals surface area contributed by atoms with E-state index in [0.717, 1.165) is 22.2 Å². The van der Waals surface area contributed by atoms with Gasteiger partial charge in [0, 0.05) is 10.2 Å². The molecule has 1 aromatic heterocycles. The fraction of sp³-hybridized carbons (Fsp3) is 0.312. The summed E-state index contributed by atoms with van der Waals surface area (Å²) in [4.78, 5) is 24.0. The number of hydrogen-bond donors (Lipinski definition) is 2. The van der Waals surface area contributed by atoms with Gasteiger partial charge < -0.3 is 10.1 Å². The molecule has 23 heavy (non-hydrogen) atoms. The largest absolute Gasteiger partial charge is 0.469 e. The molecule has 0 aliphatic carbocycles. The van der Waals surface area contributed by atoms with Crippen molar-refractivity contribution in [3.63, 3.8) is 0 Å². The molecule has 2 aromatic rings. The number of esters is 1. The van der Waals surface area contributed by atoms with Crippen LogP contribution >= 0.6 is 15.9 Å². The molecule has 1 unspecified atom stereocenters. The smallest absolute Gasteiger partial charge is 0.307 e. The number of carbonyl (C=O) groups excluding carboxylic acids is 2. The Labute approximate surface area is 142 Å². The van der Waals surface area contributed by atoms with Crippen molar-refractivity contribution in [2.75, 3.05) is 7.11 Å². The van der Waals surface area contributed by atoms with Crippen LogP contribution in [0.15, 0.2) is 34.8 Å². The standard InChI is InChI=1S/C16H18BrN3O3/c1-3-12-8-14(20-19-12)16(22)18-13(9-15(21)23-2)10-4-6-11(17)7-5-10/h4-8,13H,3,9H2,1-2H3,(H,18,22)(H,19,20). The monoisotopic (exact) mass is 379 g/mol. The molecule has 122 valence electrons. The van der Waals surface area contributed by atoms with Crippen LogP contribution in [0.25, 0.3) is 0 Å². The molecule has 2 N–H and O–H groups in total. The van der Waals surface area contributed by atoms with Gasteiger partial charge >= 0.3 is 5.97 Å². The quantitative estimate of drug-likeness (QED) is 0.755. The zero-order valence-electron chi connectivity index (χ0n) is 12.9. The van der Waals surface area contributed by atoms with Gasteiger partial charge in [-0.15, -0.1) is 0 Å². The molecule has 0 fully saturated rings. The van der Waals surface area contributed by atoms with Crippen molar-refractivity contribution in [2.24, 2.45) is 0 Å². The Bertz CT molecular complexity index is 682. The molecule has 0 saturated heterocycles. The molecule has 1 atom stereocenters. The van der Waals surface area contributed by atoms with Crippen LogP contribution < -0.4 is 5.32 Å². The summed E-state index contributed by atoms with van der Waals surface area (Å²) in [6.07, 6.45) is 0.813. The topological polar surface area (TPSA) is 84.1 Å². The predicted molar refractivity (Wildman–Crippen MR) is 88.9 cm³/mol. The maximum atomic E-state index is 12.3. The van der Waals surface area contributed by atoms with Crippen LogP contribution in [0.3, 0.4) is 0 Å². The first kappa shape index (κ1) is 17.2. The first-order valence-electron chi connectivity index (χ1n) is 7.21. The lowest BCUT2D eigenvalue weighted by atomic mass is 10.0. The number of ether oxygens (including phenoxy) is 1. The van der Waals surface area contributed by atoms with Gasteiger partial charge in [-0.1, -0.05) is 35.0 Å². The fourth-order valence-electron chi connectivity index (χ4n) is 2.09. The Kier molecular flexibility index (Phi) is 5.92. The number of nitrogens with zero attached hydrogens (tertiary/aromatic N) is 1. The third-order valence-electron chi connectivity index (χ3n) is 3.42. The first-order valence-corrected chi connectivity index (χ1v) is 8.00. The van der Waals surface area contributed by atoms with Crippen LogP contribution in [-0.4, -0.2) is 29.2 Å². The maximum absolute atomic E-state index is 12.3. The summed E-state index contributed by atoms with van der Waals surface area (Å²) in [5.41, 5.74) is 2.00. The van der Waals surface area contributed by atoms with Crippen LogP contribution in [0, 0.1) is 0 Å². The zero-order valence-corrected chi connectivity index (χ0v) is 14.5. The summed E-state index contributed by atoms with van der Waals surface area (Å²) in [5.74, 6) is -0.729. The van der Waals surface area contributed by atoms with E-state index in [1.807, 2.05) is 31.2 Å². The molecule has 6 nitrogen and oxygen atoms in total. The molecule has 7 heteroatoms. The molecule has 0 bridgehead atoms. The molecular weight excluding hydrogens is 362 g/mol. The number of hydrogen-bond acceptors (Lipinski definition) is 4. The summed E-state index contributed by atoms with van der Waals surface area (Å²) in [6, 6.07) is 8.63. The molecule has 0 radical (unpaired) electrons. The second-order valence-electron chi connectivity index (χ2n) is 4.99. The van der Waals surface area contributed by atoms with Crippen molar-refractivity contribution in [3.8, 4) is 0 Å². The number of amides is 1. The Hall–Kier alpha value is -2.15. The molecular formula is C16H18BrN3O3.